The summed E-state index contributed by atoms with van der Waals surface area (Å²) < 4.78 is 0. The highest BCUT2D eigenvalue weighted by molar-refractivity contribution is 5.76. The normalized spacial score (nSPS) is 38.1. The Balaban J connectivity index is 1.61. The number of rotatable bonds is 4. The van der Waals surface area contributed by atoms with E-state index in [1.165, 1.54) is 24.2 Å². The summed E-state index contributed by atoms with van der Waals surface area (Å²) in [7, 11) is 1.69. The van der Waals surface area contributed by atoms with Crippen molar-refractivity contribution in [2.24, 2.45) is 23.7 Å². The molecule has 2 amide bonds. The van der Waals surface area contributed by atoms with Crippen molar-refractivity contribution in [3.05, 3.63) is 0 Å². The largest absolute Gasteiger partial charge is 0.481 e. The molecule has 118 valence electrons. The summed E-state index contributed by atoms with van der Waals surface area (Å²) in [4.78, 5) is 24.8. The zero-order valence-electron chi connectivity index (χ0n) is 13.0. The molecule has 0 aromatic rings. The lowest BCUT2D eigenvalue weighted by Crippen LogP contribution is -2.61. The first-order valence-corrected chi connectivity index (χ1v) is 8.13. The molecular formula is C16H26N2O3. The molecule has 0 spiro atoms. The summed E-state index contributed by atoms with van der Waals surface area (Å²) in [6, 6.07) is -0.106. The van der Waals surface area contributed by atoms with E-state index in [9.17, 15) is 9.59 Å². The first kappa shape index (κ1) is 14.7. The molecule has 4 rings (SSSR count). The average Bonchev–Trinajstić information content (AvgIpc) is 2.35. The van der Waals surface area contributed by atoms with E-state index in [0.29, 0.717) is 0 Å². The molecule has 21 heavy (non-hydrogen) atoms. The van der Waals surface area contributed by atoms with E-state index in [1.807, 2.05) is 0 Å². The van der Waals surface area contributed by atoms with Gasteiger partial charge < -0.3 is 15.3 Å². The minimum absolute atomic E-state index is 0.00739. The van der Waals surface area contributed by atoms with Crippen molar-refractivity contribution in [1.82, 2.24) is 10.2 Å². The van der Waals surface area contributed by atoms with Gasteiger partial charge in [0.1, 0.15) is 0 Å². The summed E-state index contributed by atoms with van der Waals surface area (Å²) in [5, 5.41) is 12.2. The van der Waals surface area contributed by atoms with Gasteiger partial charge in [0.2, 0.25) is 0 Å². The van der Waals surface area contributed by atoms with Crippen molar-refractivity contribution in [2.45, 2.75) is 51.0 Å². The Labute approximate surface area is 126 Å². The van der Waals surface area contributed by atoms with Crippen LogP contribution < -0.4 is 5.32 Å². The lowest BCUT2D eigenvalue weighted by Gasteiger charge is -2.57. The van der Waals surface area contributed by atoms with Gasteiger partial charge in [0.25, 0.3) is 0 Å². The van der Waals surface area contributed by atoms with Gasteiger partial charge in [-0.2, -0.15) is 0 Å². The fourth-order valence-electron chi connectivity index (χ4n) is 5.16. The first-order valence-electron chi connectivity index (χ1n) is 8.13. The minimum atomic E-state index is -0.857. The molecule has 0 saturated heterocycles. The summed E-state index contributed by atoms with van der Waals surface area (Å²) in [6.07, 6.45) is 7.40. The van der Waals surface area contributed by atoms with Gasteiger partial charge >= 0.3 is 12.0 Å². The number of carbonyl (C=O) groups is 2. The van der Waals surface area contributed by atoms with Gasteiger partial charge in [-0.05, 0) is 56.3 Å². The van der Waals surface area contributed by atoms with Crippen LogP contribution >= 0.6 is 0 Å². The molecule has 0 aliphatic heterocycles. The molecule has 4 saturated carbocycles. The van der Waals surface area contributed by atoms with Crippen molar-refractivity contribution < 1.29 is 14.7 Å². The SMILES string of the molecule is CC(CN(C)C(=O)NC12CC3CC(CC(C3)C1)C2)C(=O)O. The molecule has 4 aliphatic rings. The Morgan fingerprint density at radius 3 is 2.10 bits per heavy atom. The Kier molecular flexibility index (Phi) is 3.62. The van der Waals surface area contributed by atoms with Crippen LogP contribution in [-0.4, -0.2) is 41.1 Å². The van der Waals surface area contributed by atoms with Crippen LogP contribution in [0.4, 0.5) is 4.79 Å². The number of aliphatic carboxylic acids is 1. The van der Waals surface area contributed by atoms with Gasteiger partial charge in [0.05, 0.1) is 5.92 Å². The molecular weight excluding hydrogens is 268 g/mol. The topological polar surface area (TPSA) is 69.6 Å². The molecule has 0 radical (unpaired) electrons. The monoisotopic (exact) mass is 294 g/mol. The first-order chi connectivity index (χ1) is 9.87. The highest BCUT2D eigenvalue weighted by Crippen LogP contribution is 2.55. The van der Waals surface area contributed by atoms with Crippen LogP contribution in [0.15, 0.2) is 0 Å². The Bertz CT molecular complexity index is 414. The third kappa shape index (κ3) is 2.87. The molecule has 0 aromatic carbocycles. The third-order valence-electron chi connectivity index (χ3n) is 5.73. The van der Waals surface area contributed by atoms with E-state index in [1.54, 1.807) is 14.0 Å². The second-order valence-corrected chi connectivity index (χ2v) is 7.75. The van der Waals surface area contributed by atoms with E-state index in [0.717, 1.165) is 37.0 Å². The van der Waals surface area contributed by atoms with Crippen molar-refractivity contribution in [1.29, 1.82) is 0 Å². The van der Waals surface area contributed by atoms with Crippen LogP contribution in [0.3, 0.4) is 0 Å². The fraction of sp³-hybridized carbons (Fsp3) is 0.875. The summed E-state index contributed by atoms with van der Waals surface area (Å²) >= 11 is 0. The summed E-state index contributed by atoms with van der Waals surface area (Å²) in [5.74, 6) is 0.987. The molecule has 4 bridgehead atoms. The second kappa shape index (κ2) is 5.18. The van der Waals surface area contributed by atoms with E-state index in [2.05, 4.69) is 5.32 Å². The van der Waals surface area contributed by atoms with E-state index < -0.39 is 11.9 Å². The van der Waals surface area contributed by atoms with Crippen LogP contribution in [-0.2, 0) is 4.79 Å². The molecule has 4 aliphatic carbocycles. The van der Waals surface area contributed by atoms with Crippen LogP contribution in [0.25, 0.3) is 0 Å². The average molecular weight is 294 g/mol. The Hall–Kier alpha value is -1.26. The Morgan fingerprint density at radius 2 is 1.67 bits per heavy atom. The maximum Gasteiger partial charge on any atom is 0.317 e. The molecule has 5 nitrogen and oxygen atoms in total. The van der Waals surface area contributed by atoms with Crippen LogP contribution in [0.5, 0.6) is 0 Å². The van der Waals surface area contributed by atoms with Gasteiger partial charge in [-0.25, -0.2) is 4.79 Å². The van der Waals surface area contributed by atoms with E-state index in [-0.39, 0.29) is 18.1 Å². The standard InChI is InChI=1S/C16H26N2O3/c1-10(14(19)20)9-18(2)15(21)17-16-6-11-3-12(7-16)5-13(4-11)8-16/h10-13H,3-9H2,1-2H3,(H,17,21)(H,19,20). The zero-order valence-corrected chi connectivity index (χ0v) is 13.0. The van der Waals surface area contributed by atoms with Gasteiger partial charge in [-0.15, -0.1) is 0 Å². The zero-order chi connectivity index (χ0) is 15.2. The van der Waals surface area contributed by atoms with Crippen molar-refractivity contribution in [2.75, 3.05) is 13.6 Å². The maximum atomic E-state index is 12.4. The van der Waals surface area contributed by atoms with Crippen molar-refractivity contribution in [3.63, 3.8) is 0 Å². The van der Waals surface area contributed by atoms with Crippen LogP contribution in [0, 0.1) is 23.7 Å². The van der Waals surface area contributed by atoms with Gasteiger partial charge in [-0.3, -0.25) is 4.79 Å². The van der Waals surface area contributed by atoms with Gasteiger partial charge in [0.15, 0.2) is 0 Å². The van der Waals surface area contributed by atoms with Crippen LogP contribution in [0.2, 0.25) is 0 Å². The number of carboxylic acid groups (broad SMARTS) is 1. The number of amides is 2. The number of nitrogens with zero attached hydrogens (tertiary/aromatic N) is 1. The smallest absolute Gasteiger partial charge is 0.317 e. The number of hydrogen-bond donors (Lipinski definition) is 2. The number of carbonyl (C=O) groups excluding carboxylic acids is 1. The third-order valence-corrected chi connectivity index (χ3v) is 5.73. The number of carboxylic acids is 1. The highest BCUT2D eigenvalue weighted by atomic mass is 16.4. The summed E-state index contributed by atoms with van der Waals surface area (Å²) in [6.45, 7) is 1.89. The lowest BCUT2D eigenvalue weighted by molar-refractivity contribution is -0.141. The molecule has 0 aromatic heterocycles. The number of urea groups is 1. The molecule has 5 heteroatoms. The van der Waals surface area contributed by atoms with E-state index >= 15 is 0 Å². The predicted molar refractivity (Wildman–Crippen MR) is 78.9 cm³/mol. The highest BCUT2D eigenvalue weighted by Gasteiger charge is 2.51. The summed E-state index contributed by atoms with van der Waals surface area (Å²) in [5.41, 5.74) is -0.00739. The number of nitrogens with one attached hydrogen (secondary N) is 1. The molecule has 1 unspecified atom stereocenters. The predicted octanol–water partition coefficient (Wildman–Crippen LogP) is 2.32. The molecule has 0 heterocycles. The van der Waals surface area contributed by atoms with Crippen LogP contribution in [0.1, 0.15) is 45.4 Å². The van der Waals surface area contributed by atoms with E-state index in [4.69, 9.17) is 5.11 Å². The molecule has 4 fully saturated rings. The van der Waals surface area contributed by atoms with Gasteiger partial charge in [-0.1, -0.05) is 6.92 Å². The molecule has 2 N–H and O–H groups in total. The quantitative estimate of drug-likeness (QED) is 0.836. The minimum Gasteiger partial charge on any atom is -0.481 e. The number of hydrogen-bond acceptors (Lipinski definition) is 2. The maximum absolute atomic E-state index is 12.4. The van der Waals surface area contributed by atoms with Gasteiger partial charge in [0, 0.05) is 19.1 Å². The Morgan fingerprint density at radius 1 is 1.19 bits per heavy atom. The van der Waals surface area contributed by atoms with Crippen molar-refractivity contribution >= 4 is 12.0 Å². The van der Waals surface area contributed by atoms with Crippen molar-refractivity contribution in [3.8, 4) is 0 Å². The lowest BCUT2D eigenvalue weighted by atomic mass is 9.53. The second-order valence-electron chi connectivity index (χ2n) is 7.75. The molecule has 1 atom stereocenters. The fourth-order valence-corrected chi connectivity index (χ4v) is 5.16.